The summed E-state index contributed by atoms with van der Waals surface area (Å²) >= 11 is 0. The van der Waals surface area contributed by atoms with E-state index in [1.165, 1.54) is 0 Å². The van der Waals surface area contributed by atoms with Crippen LogP contribution in [0.15, 0.2) is 18.2 Å². The van der Waals surface area contributed by atoms with Crippen molar-refractivity contribution >= 4 is 0 Å². The fourth-order valence-corrected chi connectivity index (χ4v) is 1.23. The van der Waals surface area contributed by atoms with Gasteiger partial charge in [-0.15, -0.1) is 0 Å². The van der Waals surface area contributed by atoms with E-state index in [2.05, 4.69) is 0 Å². The summed E-state index contributed by atoms with van der Waals surface area (Å²) < 4.78 is 15.3. The molecule has 3 heteroatoms. The molecule has 1 rings (SSSR count). The van der Waals surface area contributed by atoms with E-state index in [0.717, 1.165) is 23.5 Å². The summed E-state index contributed by atoms with van der Waals surface area (Å²) in [6.45, 7) is 0.705. The largest absolute Gasteiger partial charge is 0.497 e. The van der Waals surface area contributed by atoms with Gasteiger partial charge in [0.15, 0.2) is 0 Å². The molecule has 3 nitrogen and oxygen atoms in total. The van der Waals surface area contributed by atoms with Crippen molar-refractivity contribution in [2.45, 2.75) is 6.42 Å². The average molecular weight is 196 g/mol. The van der Waals surface area contributed by atoms with E-state index >= 15 is 0 Å². The van der Waals surface area contributed by atoms with E-state index in [4.69, 9.17) is 14.2 Å². The molecular weight excluding hydrogens is 180 g/mol. The summed E-state index contributed by atoms with van der Waals surface area (Å²) in [5.41, 5.74) is 1.16. The van der Waals surface area contributed by atoms with Crippen molar-refractivity contribution in [1.29, 1.82) is 0 Å². The molecule has 0 amide bonds. The molecule has 14 heavy (non-hydrogen) atoms. The fraction of sp³-hybridized carbons (Fsp3) is 0.455. The van der Waals surface area contributed by atoms with Crippen LogP contribution in [0.5, 0.6) is 11.5 Å². The highest BCUT2D eigenvalue weighted by Gasteiger charge is 2.01. The van der Waals surface area contributed by atoms with Crippen LogP contribution in [0.1, 0.15) is 5.56 Å². The van der Waals surface area contributed by atoms with Crippen molar-refractivity contribution in [2.24, 2.45) is 0 Å². The molecule has 1 aromatic carbocycles. The van der Waals surface area contributed by atoms with E-state index in [1.807, 2.05) is 18.2 Å². The maximum Gasteiger partial charge on any atom is 0.122 e. The summed E-state index contributed by atoms with van der Waals surface area (Å²) in [5, 5.41) is 0. The number of rotatable bonds is 5. The molecule has 0 unspecified atom stereocenters. The highest BCUT2D eigenvalue weighted by atomic mass is 16.5. The van der Waals surface area contributed by atoms with E-state index in [0.29, 0.717) is 6.61 Å². The number of benzene rings is 1. The van der Waals surface area contributed by atoms with Crippen molar-refractivity contribution in [3.63, 3.8) is 0 Å². The zero-order valence-electron chi connectivity index (χ0n) is 8.87. The average Bonchev–Trinajstić information content (AvgIpc) is 2.25. The van der Waals surface area contributed by atoms with Crippen LogP contribution in [0, 0.1) is 0 Å². The molecule has 0 radical (unpaired) electrons. The first kappa shape index (κ1) is 10.9. The summed E-state index contributed by atoms with van der Waals surface area (Å²) in [4.78, 5) is 0. The van der Waals surface area contributed by atoms with Crippen LogP contribution in [0.25, 0.3) is 0 Å². The maximum atomic E-state index is 5.16. The van der Waals surface area contributed by atoms with Crippen LogP contribution in [-0.2, 0) is 11.2 Å². The summed E-state index contributed by atoms with van der Waals surface area (Å²) in [6, 6.07) is 5.83. The molecule has 1 aromatic rings. The molecule has 0 atom stereocenters. The zero-order chi connectivity index (χ0) is 10.4. The molecule has 0 heterocycles. The fourth-order valence-electron chi connectivity index (χ4n) is 1.23. The maximum absolute atomic E-state index is 5.16. The molecule has 0 aromatic heterocycles. The van der Waals surface area contributed by atoms with Gasteiger partial charge in [0.2, 0.25) is 0 Å². The Hall–Kier alpha value is -1.22. The molecule has 0 saturated heterocycles. The molecule has 0 spiro atoms. The van der Waals surface area contributed by atoms with Crippen molar-refractivity contribution in [3.8, 4) is 11.5 Å². The lowest BCUT2D eigenvalue weighted by Gasteiger charge is -2.07. The monoisotopic (exact) mass is 196 g/mol. The van der Waals surface area contributed by atoms with Gasteiger partial charge in [-0.3, -0.25) is 0 Å². The Labute approximate surface area is 84.6 Å². The molecule has 0 saturated carbocycles. The van der Waals surface area contributed by atoms with Gasteiger partial charge >= 0.3 is 0 Å². The molecular formula is C11H16O3. The van der Waals surface area contributed by atoms with E-state index in [9.17, 15) is 0 Å². The standard InChI is InChI=1S/C11H16O3/c1-12-5-4-9-6-10(13-2)8-11(7-9)14-3/h6-8H,4-5H2,1-3H3. The van der Waals surface area contributed by atoms with Gasteiger partial charge in [0, 0.05) is 13.2 Å². The second-order valence-electron chi connectivity index (χ2n) is 2.96. The van der Waals surface area contributed by atoms with Crippen molar-refractivity contribution in [2.75, 3.05) is 27.9 Å². The first-order valence-corrected chi connectivity index (χ1v) is 4.51. The normalized spacial score (nSPS) is 9.93. The highest BCUT2D eigenvalue weighted by Crippen LogP contribution is 2.22. The van der Waals surface area contributed by atoms with Gasteiger partial charge < -0.3 is 14.2 Å². The van der Waals surface area contributed by atoms with Crippen LogP contribution in [-0.4, -0.2) is 27.9 Å². The number of ether oxygens (including phenoxy) is 3. The van der Waals surface area contributed by atoms with E-state index in [1.54, 1.807) is 21.3 Å². The molecule has 0 aliphatic heterocycles. The minimum absolute atomic E-state index is 0.705. The summed E-state index contributed by atoms with van der Waals surface area (Å²) in [6.07, 6.45) is 0.865. The van der Waals surface area contributed by atoms with Gasteiger partial charge in [-0.1, -0.05) is 0 Å². The Kier molecular flexibility index (Phi) is 4.26. The Morgan fingerprint density at radius 2 is 1.50 bits per heavy atom. The number of hydrogen-bond acceptors (Lipinski definition) is 3. The van der Waals surface area contributed by atoms with Crippen LogP contribution in [0.2, 0.25) is 0 Å². The van der Waals surface area contributed by atoms with Gasteiger partial charge in [-0.05, 0) is 24.1 Å². The van der Waals surface area contributed by atoms with Crippen LogP contribution >= 0.6 is 0 Å². The first-order chi connectivity index (χ1) is 6.80. The van der Waals surface area contributed by atoms with Crippen LogP contribution in [0.3, 0.4) is 0 Å². The minimum atomic E-state index is 0.705. The second kappa shape index (κ2) is 5.50. The SMILES string of the molecule is COCCc1cc(OC)cc(OC)c1. The van der Waals surface area contributed by atoms with E-state index < -0.39 is 0 Å². The third-order valence-corrected chi connectivity index (χ3v) is 2.01. The molecule has 0 fully saturated rings. The van der Waals surface area contributed by atoms with Crippen molar-refractivity contribution in [1.82, 2.24) is 0 Å². The smallest absolute Gasteiger partial charge is 0.122 e. The molecule has 0 aliphatic rings. The Balaban J connectivity index is 2.81. The number of hydrogen-bond donors (Lipinski definition) is 0. The Morgan fingerprint density at radius 3 is 1.93 bits per heavy atom. The van der Waals surface area contributed by atoms with Crippen molar-refractivity contribution < 1.29 is 14.2 Å². The van der Waals surface area contributed by atoms with Crippen LogP contribution in [0.4, 0.5) is 0 Å². The van der Waals surface area contributed by atoms with Gasteiger partial charge in [0.05, 0.1) is 20.8 Å². The first-order valence-electron chi connectivity index (χ1n) is 4.51. The topological polar surface area (TPSA) is 27.7 Å². The third-order valence-electron chi connectivity index (χ3n) is 2.01. The Bertz CT molecular complexity index is 262. The molecule has 0 aliphatic carbocycles. The van der Waals surface area contributed by atoms with Gasteiger partial charge in [0.1, 0.15) is 11.5 Å². The predicted octanol–water partition coefficient (Wildman–Crippen LogP) is 1.89. The lowest BCUT2D eigenvalue weighted by Crippen LogP contribution is -1.96. The summed E-state index contributed by atoms with van der Waals surface area (Å²) in [7, 11) is 4.99. The number of methoxy groups -OCH3 is 3. The quantitative estimate of drug-likeness (QED) is 0.719. The second-order valence-corrected chi connectivity index (χ2v) is 2.96. The summed E-state index contributed by atoms with van der Waals surface area (Å²) in [5.74, 6) is 1.63. The van der Waals surface area contributed by atoms with Crippen molar-refractivity contribution in [3.05, 3.63) is 23.8 Å². The lowest BCUT2D eigenvalue weighted by molar-refractivity contribution is 0.202. The predicted molar refractivity (Wildman–Crippen MR) is 55.1 cm³/mol. The van der Waals surface area contributed by atoms with Gasteiger partial charge in [-0.2, -0.15) is 0 Å². The molecule has 78 valence electrons. The minimum Gasteiger partial charge on any atom is -0.497 e. The lowest BCUT2D eigenvalue weighted by atomic mass is 10.1. The van der Waals surface area contributed by atoms with Gasteiger partial charge in [-0.25, -0.2) is 0 Å². The molecule has 0 N–H and O–H groups in total. The third kappa shape index (κ3) is 2.92. The highest BCUT2D eigenvalue weighted by molar-refractivity contribution is 5.38. The van der Waals surface area contributed by atoms with Crippen LogP contribution < -0.4 is 9.47 Å². The molecule has 0 bridgehead atoms. The van der Waals surface area contributed by atoms with Gasteiger partial charge in [0.25, 0.3) is 0 Å². The van der Waals surface area contributed by atoms with E-state index in [-0.39, 0.29) is 0 Å². The zero-order valence-corrected chi connectivity index (χ0v) is 8.87. The Morgan fingerprint density at radius 1 is 0.929 bits per heavy atom.